The molecule has 100 valence electrons. The van der Waals surface area contributed by atoms with Gasteiger partial charge in [-0.2, -0.15) is 0 Å². The summed E-state index contributed by atoms with van der Waals surface area (Å²) in [4.78, 5) is 0. The van der Waals surface area contributed by atoms with Gasteiger partial charge in [0.1, 0.15) is 5.75 Å². The van der Waals surface area contributed by atoms with Gasteiger partial charge in [-0.05, 0) is 42.8 Å². The summed E-state index contributed by atoms with van der Waals surface area (Å²) in [6.07, 6.45) is 0. The zero-order valence-electron chi connectivity index (χ0n) is 10.7. The van der Waals surface area contributed by atoms with Gasteiger partial charge in [0, 0.05) is 10.6 Å². The molecule has 0 aliphatic rings. The molecule has 0 aromatic heterocycles. The summed E-state index contributed by atoms with van der Waals surface area (Å²) in [5.41, 5.74) is 1.95. The maximum Gasteiger partial charge on any atom is 0.169 e. The highest BCUT2D eigenvalue weighted by atomic mass is 35.5. The molecule has 0 saturated heterocycles. The van der Waals surface area contributed by atoms with Crippen molar-refractivity contribution in [1.82, 2.24) is 0 Å². The molecule has 0 saturated carbocycles. The van der Waals surface area contributed by atoms with E-state index in [1.165, 1.54) is 0 Å². The Bertz CT molecular complexity index is 531. The molecule has 0 spiro atoms. The van der Waals surface area contributed by atoms with E-state index in [1.807, 2.05) is 25.1 Å². The van der Waals surface area contributed by atoms with Crippen LogP contribution in [-0.4, -0.2) is 7.11 Å². The number of halogens is 2. The average Bonchev–Trinajstić information content (AvgIpc) is 2.42. The Labute approximate surface area is 122 Å². The van der Waals surface area contributed by atoms with E-state index in [4.69, 9.17) is 32.7 Å². The molecule has 0 radical (unpaired) electrons. The molecule has 0 aliphatic heterocycles. The lowest BCUT2D eigenvalue weighted by Gasteiger charge is -2.13. The summed E-state index contributed by atoms with van der Waals surface area (Å²) >= 11 is 11.8. The van der Waals surface area contributed by atoms with Crippen molar-refractivity contribution in [3.63, 3.8) is 0 Å². The van der Waals surface area contributed by atoms with E-state index in [0.29, 0.717) is 28.2 Å². The smallest absolute Gasteiger partial charge is 0.169 e. The van der Waals surface area contributed by atoms with E-state index >= 15 is 0 Å². The number of methoxy groups -OCH3 is 1. The van der Waals surface area contributed by atoms with E-state index in [9.17, 15) is 0 Å². The molecular weight excluding hydrogens is 283 g/mol. The average molecular weight is 297 g/mol. The van der Waals surface area contributed by atoms with E-state index < -0.39 is 0 Å². The predicted molar refractivity (Wildman–Crippen MR) is 78.8 cm³/mol. The largest absolute Gasteiger partial charge is 0.493 e. The first-order valence-electron chi connectivity index (χ1n) is 5.81. The van der Waals surface area contributed by atoms with Crippen LogP contribution in [0.1, 0.15) is 11.1 Å². The van der Waals surface area contributed by atoms with Crippen LogP contribution in [0, 0.1) is 6.92 Å². The first-order chi connectivity index (χ1) is 9.13. The van der Waals surface area contributed by atoms with Crippen molar-refractivity contribution in [2.45, 2.75) is 12.8 Å². The van der Waals surface area contributed by atoms with Crippen LogP contribution in [0.15, 0.2) is 36.4 Å². The summed E-state index contributed by atoms with van der Waals surface area (Å²) in [7, 11) is 1.62. The molecule has 2 rings (SSSR count). The minimum absolute atomic E-state index is 0.337. The Balaban J connectivity index is 2.36. The van der Waals surface area contributed by atoms with Crippen molar-refractivity contribution in [2.75, 3.05) is 7.11 Å². The van der Waals surface area contributed by atoms with Crippen LogP contribution >= 0.6 is 23.2 Å². The van der Waals surface area contributed by atoms with Crippen molar-refractivity contribution in [1.29, 1.82) is 0 Å². The first-order valence-corrected chi connectivity index (χ1v) is 6.72. The molecule has 0 unspecified atom stereocenters. The fourth-order valence-corrected chi connectivity index (χ4v) is 2.13. The lowest BCUT2D eigenvalue weighted by atomic mass is 10.2. The van der Waals surface area contributed by atoms with Gasteiger partial charge in [-0.15, -0.1) is 11.6 Å². The molecule has 0 atom stereocenters. The topological polar surface area (TPSA) is 18.5 Å². The molecule has 19 heavy (non-hydrogen) atoms. The standard InChI is InChI=1S/C15H14Cl2O2/c1-10-3-5-14(15(7-10)18-2)19-13-6-4-12(17)8-11(13)9-16/h3-8H,9H2,1-2H3. The summed E-state index contributed by atoms with van der Waals surface area (Å²) in [6.45, 7) is 2.00. The molecule has 2 aromatic carbocycles. The summed E-state index contributed by atoms with van der Waals surface area (Å²) < 4.78 is 11.2. The number of aryl methyl sites for hydroxylation is 1. The van der Waals surface area contributed by atoms with Crippen molar-refractivity contribution in [2.24, 2.45) is 0 Å². The third kappa shape index (κ3) is 3.34. The van der Waals surface area contributed by atoms with Crippen LogP contribution in [-0.2, 0) is 5.88 Å². The fourth-order valence-electron chi connectivity index (χ4n) is 1.73. The normalized spacial score (nSPS) is 10.3. The van der Waals surface area contributed by atoms with Crippen LogP contribution in [0.3, 0.4) is 0 Å². The minimum Gasteiger partial charge on any atom is -0.493 e. The Kier molecular flexibility index (Phi) is 4.56. The molecule has 0 N–H and O–H groups in total. The third-order valence-electron chi connectivity index (χ3n) is 2.71. The van der Waals surface area contributed by atoms with E-state index in [2.05, 4.69) is 0 Å². The molecule has 2 nitrogen and oxygen atoms in total. The van der Waals surface area contributed by atoms with Crippen LogP contribution in [0.5, 0.6) is 17.2 Å². The Morgan fingerprint density at radius 2 is 1.74 bits per heavy atom. The molecule has 0 heterocycles. The molecular formula is C15H14Cl2O2. The van der Waals surface area contributed by atoms with Gasteiger partial charge >= 0.3 is 0 Å². The van der Waals surface area contributed by atoms with Crippen LogP contribution in [0.25, 0.3) is 0 Å². The highest BCUT2D eigenvalue weighted by Crippen LogP contribution is 2.35. The molecule has 0 aliphatic carbocycles. The summed E-state index contributed by atoms with van der Waals surface area (Å²) in [5.74, 6) is 2.36. The predicted octanol–water partition coefficient (Wildman–Crippen LogP) is 5.19. The number of alkyl halides is 1. The third-order valence-corrected chi connectivity index (χ3v) is 3.23. The second-order valence-electron chi connectivity index (χ2n) is 4.14. The van der Waals surface area contributed by atoms with Gasteiger partial charge in [0.2, 0.25) is 0 Å². The highest BCUT2D eigenvalue weighted by molar-refractivity contribution is 6.30. The van der Waals surface area contributed by atoms with Gasteiger partial charge in [-0.3, -0.25) is 0 Å². The zero-order chi connectivity index (χ0) is 13.8. The van der Waals surface area contributed by atoms with Crippen molar-refractivity contribution >= 4 is 23.2 Å². The highest BCUT2D eigenvalue weighted by Gasteiger charge is 2.09. The minimum atomic E-state index is 0.337. The number of hydrogen-bond donors (Lipinski definition) is 0. The molecule has 0 fully saturated rings. The zero-order valence-corrected chi connectivity index (χ0v) is 12.3. The molecule has 0 bridgehead atoms. The van der Waals surface area contributed by atoms with Gasteiger partial charge in [0.05, 0.1) is 13.0 Å². The maximum absolute atomic E-state index is 5.94. The van der Waals surface area contributed by atoms with E-state index in [-0.39, 0.29) is 0 Å². The van der Waals surface area contributed by atoms with E-state index in [0.717, 1.165) is 11.1 Å². The maximum atomic E-state index is 5.94. The Morgan fingerprint density at radius 3 is 2.42 bits per heavy atom. The van der Waals surface area contributed by atoms with Gasteiger partial charge in [0.25, 0.3) is 0 Å². The van der Waals surface area contributed by atoms with Crippen LogP contribution in [0.4, 0.5) is 0 Å². The van der Waals surface area contributed by atoms with Gasteiger partial charge in [-0.1, -0.05) is 17.7 Å². The quantitative estimate of drug-likeness (QED) is 0.723. The van der Waals surface area contributed by atoms with Gasteiger partial charge in [0.15, 0.2) is 11.5 Å². The van der Waals surface area contributed by atoms with Crippen LogP contribution < -0.4 is 9.47 Å². The number of benzene rings is 2. The first kappa shape index (κ1) is 14.0. The van der Waals surface area contributed by atoms with Crippen molar-refractivity contribution in [3.8, 4) is 17.2 Å². The monoisotopic (exact) mass is 296 g/mol. The van der Waals surface area contributed by atoms with E-state index in [1.54, 1.807) is 25.3 Å². The lowest BCUT2D eigenvalue weighted by Crippen LogP contribution is -1.93. The second-order valence-corrected chi connectivity index (χ2v) is 4.85. The Morgan fingerprint density at radius 1 is 1.00 bits per heavy atom. The van der Waals surface area contributed by atoms with Crippen LogP contribution in [0.2, 0.25) is 5.02 Å². The van der Waals surface area contributed by atoms with Gasteiger partial charge in [-0.25, -0.2) is 0 Å². The van der Waals surface area contributed by atoms with Crippen molar-refractivity contribution < 1.29 is 9.47 Å². The lowest BCUT2D eigenvalue weighted by molar-refractivity contribution is 0.377. The summed E-state index contributed by atoms with van der Waals surface area (Å²) in [5, 5.41) is 0.638. The summed E-state index contributed by atoms with van der Waals surface area (Å²) in [6, 6.07) is 11.1. The Hall–Kier alpha value is -1.38. The number of hydrogen-bond acceptors (Lipinski definition) is 2. The molecule has 4 heteroatoms. The van der Waals surface area contributed by atoms with Gasteiger partial charge < -0.3 is 9.47 Å². The molecule has 2 aromatic rings. The number of ether oxygens (including phenoxy) is 2. The SMILES string of the molecule is COc1cc(C)ccc1Oc1ccc(Cl)cc1CCl. The number of rotatable bonds is 4. The second kappa shape index (κ2) is 6.18. The van der Waals surface area contributed by atoms with Crippen molar-refractivity contribution in [3.05, 3.63) is 52.5 Å². The fraction of sp³-hybridized carbons (Fsp3) is 0.200. The molecule has 0 amide bonds.